The average Bonchev–Trinajstić information content (AvgIpc) is 3.23. The van der Waals surface area contributed by atoms with Crippen LogP contribution in [0.25, 0.3) is 11.3 Å². The van der Waals surface area contributed by atoms with Crippen molar-refractivity contribution in [1.29, 1.82) is 0 Å². The molecule has 0 fully saturated rings. The molecule has 1 heterocycles. The minimum Gasteiger partial charge on any atom is -0.497 e. The van der Waals surface area contributed by atoms with E-state index in [-0.39, 0.29) is 5.76 Å². The van der Waals surface area contributed by atoms with Gasteiger partial charge in [-0.15, -0.1) is 0 Å². The predicted octanol–water partition coefficient (Wildman–Crippen LogP) is 4.11. The summed E-state index contributed by atoms with van der Waals surface area (Å²) in [6, 6.07) is 15.7. The zero-order chi connectivity index (χ0) is 21.5. The molecule has 0 saturated carbocycles. The lowest BCUT2D eigenvalue weighted by atomic mass is 10.2. The van der Waals surface area contributed by atoms with Crippen LogP contribution in [0.15, 0.2) is 65.1 Å². The summed E-state index contributed by atoms with van der Waals surface area (Å²) in [5.74, 6) is -0.734. The van der Waals surface area contributed by atoms with E-state index in [1.165, 1.54) is 13.2 Å². The highest BCUT2D eigenvalue weighted by atomic mass is 35.5. The van der Waals surface area contributed by atoms with Crippen molar-refractivity contribution in [2.45, 2.75) is 0 Å². The van der Waals surface area contributed by atoms with Crippen LogP contribution in [-0.2, 0) is 9.53 Å². The number of nitrogens with one attached hydrogen (secondary N) is 2. The number of rotatable bonds is 6. The van der Waals surface area contributed by atoms with Crippen LogP contribution >= 0.6 is 11.6 Å². The van der Waals surface area contributed by atoms with E-state index in [2.05, 4.69) is 10.6 Å². The highest BCUT2D eigenvalue weighted by Crippen LogP contribution is 2.29. The standard InChI is InChI=1S/C21H17ClN2O6/c1-28-14-8-6-13(7-9-14)23-21(27)24-19(25)12-29-20(26)18-11-10-17(30-18)15-4-2-3-5-16(15)22/h2-11H,12H2,1H3,(H2,23,24,25,27). The number of anilines is 1. The first kappa shape index (κ1) is 20.9. The van der Waals surface area contributed by atoms with Crippen LogP contribution in [0.4, 0.5) is 10.5 Å². The molecule has 0 unspecified atom stereocenters. The number of methoxy groups -OCH3 is 1. The van der Waals surface area contributed by atoms with E-state index in [1.54, 1.807) is 54.6 Å². The van der Waals surface area contributed by atoms with Crippen LogP contribution in [0.5, 0.6) is 5.75 Å². The minimum absolute atomic E-state index is 0.0968. The molecule has 154 valence electrons. The van der Waals surface area contributed by atoms with Gasteiger partial charge in [0.2, 0.25) is 5.76 Å². The molecular formula is C21H17ClN2O6. The quantitative estimate of drug-likeness (QED) is 0.572. The van der Waals surface area contributed by atoms with E-state index < -0.39 is 24.5 Å². The largest absolute Gasteiger partial charge is 0.497 e. The summed E-state index contributed by atoms with van der Waals surface area (Å²) >= 11 is 6.10. The second kappa shape index (κ2) is 9.62. The van der Waals surface area contributed by atoms with Crippen LogP contribution in [0, 0.1) is 0 Å². The first-order chi connectivity index (χ1) is 14.5. The lowest BCUT2D eigenvalue weighted by Crippen LogP contribution is -2.37. The summed E-state index contributed by atoms with van der Waals surface area (Å²) in [6.07, 6.45) is 0. The molecule has 0 aliphatic heterocycles. The number of halogens is 1. The first-order valence-corrected chi connectivity index (χ1v) is 9.11. The van der Waals surface area contributed by atoms with Crippen LogP contribution in [0.2, 0.25) is 5.02 Å². The lowest BCUT2D eigenvalue weighted by Gasteiger charge is -2.07. The Morgan fingerprint density at radius 3 is 2.43 bits per heavy atom. The van der Waals surface area contributed by atoms with Gasteiger partial charge in [0.1, 0.15) is 11.5 Å². The Morgan fingerprint density at radius 1 is 1.00 bits per heavy atom. The summed E-state index contributed by atoms with van der Waals surface area (Å²) in [5.41, 5.74) is 1.08. The van der Waals surface area contributed by atoms with Gasteiger partial charge in [-0.1, -0.05) is 23.7 Å². The smallest absolute Gasteiger partial charge is 0.374 e. The van der Waals surface area contributed by atoms with Gasteiger partial charge in [-0.25, -0.2) is 9.59 Å². The number of hydrogen-bond donors (Lipinski definition) is 2. The Kier molecular flexibility index (Phi) is 6.71. The van der Waals surface area contributed by atoms with Crippen molar-refractivity contribution in [2.24, 2.45) is 0 Å². The molecule has 0 radical (unpaired) electrons. The number of carbonyl (C=O) groups excluding carboxylic acids is 3. The van der Waals surface area contributed by atoms with Crippen molar-refractivity contribution in [1.82, 2.24) is 5.32 Å². The van der Waals surface area contributed by atoms with Crippen LogP contribution in [-0.4, -0.2) is 31.6 Å². The van der Waals surface area contributed by atoms with Gasteiger partial charge >= 0.3 is 12.0 Å². The normalized spacial score (nSPS) is 10.2. The molecule has 0 atom stereocenters. The number of carbonyl (C=O) groups is 3. The lowest BCUT2D eigenvalue weighted by molar-refractivity contribution is -0.123. The number of furan rings is 1. The summed E-state index contributed by atoms with van der Waals surface area (Å²) in [5, 5.41) is 5.00. The number of benzene rings is 2. The number of esters is 1. The fourth-order valence-corrected chi connectivity index (χ4v) is 2.68. The van der Waals surface area contributed by atoms with Gasteiger partial charge in [0.05, 0.1) is 12.1 Å². The van der Waals surface area contributed by atoms with E-state index in [0.29, 0.717) is 27.8 Å². The number of imide groups is 1. The molecule has 3 rings (SSSR count). The van der Waals surface area contributed by atoms with Gasteiger partial charge in [-0.3, -0.25) is 10.1 Å². The molecule has 3 amide bonds. The van der Waals surface area contributed by atoms with Gasteiger partial charge in [0.15, 0.2) is 6.61 Å². The summed E-state index contributed by atoms with van der Waals surface area (Å²) in [6.45, 7) is -0.656. The van der Waals surface area contributed by atoms with Gasteiger partial charge in [-0.05, 0) is 48.5 Å². The van der Waals surface area contributed by atoms with Gasteiger partial charge < -0.3 is 19.2 Å². The van der Waals surface area contributed by atoms with Gasteiger partial charge in [0, 0.05) is 11.3 Å². The second-order valence-corrected chi connectivity index (χ2v) is 6.36. The van der Waals surface area contributed by atoms with E-state index >= 15 is 0 Å². The first-order valence-electron chi connectivity index (χ1n) is 8.73. The molecule has 30 heavy (non-hydrogen) atoms. The molecule has 3 aromatic rings. The number of ether oxygens (including phenoxy) is 2. The molecule has 0 bridgehead atoms. The molecule has 9 heteroatoms. The molecular weight excluding hydrogens is 412 g/mol. The third-order valence-corrected chi connectivity index (χ3v) is 4.21. The summed E-state index contributed by atoms with van der Waals surface area (Å²) < 4.78 is 15.3. The molecule has 0 aliphatic rings. The van der Waals surface area contributed by atoms with Crippen LogP contribution in [0.3, 0.4) is 0 Å². The van der Waals surface area contributed by atoms with Crippen molar-refractivity contribution in [3.63, 3.8) is 0 Å². The molecule has 2 aromatic carbocycles. The minimum atomic E-state index is -0.848. The fourth-order valence-electron chi connectivity index (χ4n) is 2.46. The molecule has 8 nitrogen and oxygen atoms in total. The highest BCUT2D eigenvalue weighted by Gasteiger charge is 2.17. The van der Waals surface area contributed by atoms with Crippen molar-refractivity contribution < 1.29 is 28.3 Å². The summed E-state index contributed by atoms with van der Waals surface area (Å²) in [4.78, 5) is 35.7. The van der Waals surface area contributed by atoms with E-state index in [1.807, 2.05) is 0 Å². The maximum atomic E-state index is 12.1. The van der Waals surface area contributed by atoms with Crippen LogP contribution in [0.1, 0.15) is 10.6 Å². The third kappa shape index (κ3) is 5.39. The summed E-state index contributed by atoms with van der Waals surface area (Å²) in [7, 11) is 1.52. The maximum Gasteiger partial charge on any atom is 0.374 e. The Labute approximate surface area is 176 Å². The molecule has 0 aliphatic carbocycles. The fraction of sp³-hybridized carbons (Fsp3) is 0.0952. The number of hydrogen-bond acceptors (Lipinski definition) is 6. The van der Waals surface area contributed by atoms with Gasteiger partial charge in [-0.2, -0.15) is 0 Å². The second-order valence-electron chi connectivity index (χ2n) is 5.95. The third-order valence-electron chi connectivity index (χ3n) is 3.88. The Hall–Kier alpha value is -3.78. The highest BCUT2D eigenvalue weighted by molar-refractivity contribution is 6.33. The maximum absolute atomic E-state index is 12.1. The monoisotopic (exact) mass is 428 g/mol. The topological polar surface area (TPSA) is 107 Å². The Balaban J connectivity index is 1.49. The molecule has 1 aromatic heterocycles. The van der Waals surface area contributed by atoms with Crippen molar-refractivity contribution >= 4 is 35.2 Å². The van der Waals surface area contributed by atoms with Crippen molar-refractivity contribution in [3.8, 4) is 17.1 Å². The van der Waals surface area contributed by atoms with Crippen LogP contribution < -0.4 is 15.4 Å². The molecule has 2 N–H and O–H groups in total. The predicted molar refractivity (Wildman–Crippen MR) is 110 cm³/mol. The zero-order valence-corrected chi connectivity index (χ0v) is 16.6. The van der Waals surface area contributed by atoms with E-state index in [9.17, 15) is 14.4 Å². The van der Waals surface area contributed by atoms with Gasteiger partial charge in [0.25, 0.3) is 5.91 Å². The number of urea groups is 1. The average molecular weight is 429 g/mol. The zero-order valence-electron chi connectivity index (χ0n) is 15.8. The van der Waals surface area contributed by atoms with Crippen molar-refractivity contribution in [2.75, 3.05) is 19.0 Å². The Morgan fingerprint density at radius 2 is 1.73 bits per heavy atom. The molecule has 0 saturated heterocycles. The van der Waals surface area contributed by atoms with E-state index in [0.717, 1.165) is 0 Å². The van der Waals surface area contributed by atoms with E-state index in [4.69, 9.17) is 25.5 Å². The number of amides is 3. The Bertz CT molecular complexity index is 1060. The van der Waals surface area contributed by atoms with Crippen molar-refractivity contribution in [3.05, 3.63) is 71.4 Å². The molecule has 0 spiro atoms. The SMILES string of the molecule is COc1ccc(NC(=O)NC(=O)COC(=O)c2ccc(-c3ccccc3Cl)o2)cc1.